The van der Waals surface area contributed by atoms with Crippen LogP contribution in [0.5, 0.6) is 0 Å². The normalized spacial score (nSPS) is 27.6. The molecule has 0 aromatic heterocycles. The molecule has 27 heavy (non-hydrogen) atoms. The topological polar surface area (TPSA) is 9.23 Å². The van der Waals surface area contributed by atoms with Crippen LogP contribution in [0.3, 0.4) is 0 Å². The lowest BCUT2D eigenvalue weighted by Crippen LogP contribution is -2.43. The lowest BCUT2D eigenvalue weighted by Gasteiger charge is -2.45. The minimum absolute atomic E-state index is 0.275. The molecule has 0 aromatic rings. The van der Waals surface area contributed by atoms with E-state index in [1.54, 1.807) is 0 Å². The van der Waals surface area contributed by atoms with Crippen molar-refractivity contribution >= 4 is 23.1 Å². The van der Waals surface area contributed by atoms with Gasteiger partial charge in [-0.2, -0.15) is 0 Å². The zero-order chi connectivity index (χ0) is 20.0. The molecule has 0 amide bonds. The number of fused-ring (bicyclic) bond motifs is 2. The van der Waals surface area contributed by atoms with Gasteiger partial charge in [0.25, 0.3) is 0 Å². The van der Waals surface area contributed by atoms with Crippen molar-refractivity contribution in [2.24, 2.45) is 0 Å². The van der Waals surface area contributed by atoms with Crippen molar-refractivity contribution in [1.29, 1.82) is 0 Å². The highest BCUT2D eigenvalue weighted by Gasteiger charge is 2.45. The van der Waals surface area contributed by atoms with E-state index in [4.69, 9.17) is 4.43 Å². The van der Waals surface area contributed by atoms with Gasteiger partial charge in [-0.1, -0.05) is 95.8 Å². The van der Waals surface area contributed by atoms with Crippen LogP contribution in [-0.2, 0) is 4.43 Å². The van der Waals surface area contributed by atoms with Gasteiger partial charge < -0.3 is 4.43 Å². The molecular weight excluding hydrogens is 359 g/mol. The molecule has 0 atom stereocenters. The van der Waals surface area contributed by atoms with Crippen molar-refractivity contribution in [3.05, 3.63) is 22.5 Å². The fourth-order valence-electron chi connectivity index (χ4n) is 5.59. The zero-order valence-corrected chi connectivity index (χ0v) is 21.4. The molecule has 2 saturated heterocycles. The first-order valence-corrected chi connectivity index (χ1v) is 17.9. The molecule has 3 aliphatic rings. The minimum atomic E-state index is -1.74. The van der Waals surface area contributed by atoms with E-state index < -0.39 is 16.4 Å². The lowest BCUT2D eigenvalue weighted by molar-refractivity contribution is 0.371. The van der Waals surface area contributed by atoms with Gasteiger partial charge in [0.05, 0.1) is 13.8 Å². The third kappa shape index (κ3) is 4.52. The van der Waals surface area contributed by atoms with Gasteiger partial charge >= 0.3 is 0 Å². The summed E-state index contributed by atoms with van der Waals surface area (Å²) in [6.45, 7) is 20.5. The molecule has 1 aliphatic carbocycles. The molecule has 3 rings (SSSR count). The Morgan fingerprint density at radius 1 is 0.926 bits per heavy atom. The smallest absolute Gasteiger partial charge is 0.250 e. The predicted octanol–water partition coefficient (Wildman–Crippen LogP) is 8.00. The highest BCUT2D eigenvalue weighted by molar-refractivity contribution is 6.85. The molecule has 0 spiro atoms. The maximum absolute atomic E-state index is 6.79. The Kier molecular flexibility index (Phi) is 6.01. The summed E-state index contributed by atoms with van der Waals surface area (Å²) in [4.78, 5) is 0. The second-order valence-corrected chi connectivity index (χ2v) is 21.9. The van der Waals surface area contributed by atoms with Gasteiger partial charge in [0.15, 0.2) is 6.71 Å². The summed E-state index contributed by atoms with van der Waals surface area (Å²) < 4.78 is 6.79. The quantitative estimate of drug-likeness (QED) is 0.433. The van der Waals surface area contributed by atoms with Gasteiger partial charge in [0, 0.05) is 6.42 Å². The van der Waals surface area contributed by atoms with E-state index in [9.17, 15) is 0 Å². The van der Waals surface area contributed by atoms with E-state index in [1.165, 1.54) is 50.7 Å². The fraction of sp³-hybridized carbons (Fsp3) is 0.826. The molecule has 2 fully saturated rings. The Hall–Kier alpha value is -0.221. The Labute approximate surface area is 171 Å². The molecule has 2 aliphatic heterocycles. The molecule has 2 bridgehead atoms. The van der Waals surface area contributed by atoms with E-state index in [0.29, 0.717) is 0 Å². The molecule has 0 unspecified atom stereocenters. The summed E-state index contributed by atoms with van der Waals surface area (Å²) >= 11 is 0. The maximum atomic E-state index is 6.79. The number of allylic oxidation sites excluding steroid dienone is 3. The predicted molar refractivity (Wildman–Crippen MR) is 127 cm³/mol. The van der Waals surface area contributed by atoms with Crippen molar-refractivity contribution in [3.8, 4) is 0 Å². The van der Waals surface area contributed by atoms with Crippen LogP contribution in [0, 0.1) is 0 Å². The summed E-state index contributed by atoms with van der Waals surface area (Å²) in [6, 6.07) is 0. The number of hydrogen-bond acceptors (Lipinski definition) is 1. The highest BCUT2D eigenvalue weighted by atomic mass is 28.4. The van der Waals surface area contributed by atoms with E-state index in [2.05, 4.69) is 59.6 Å². The maximum Gasteiger partial charge on any atom is 0.250 e. The average Bonchev–Trinajstić information content (AvgIpc) is 2.52. The third-order valence-corrected chi connectivity index (χ3v) is 14.8. The summed E-state index contributed by atoms with van der Waals surface area (Å²) in [5, 5.41) is 2.12. The largest absolute Gasteiger partial charge is 0.547 e. The standard InChI is InChI=1S/C23H43BOSi2/c1-23(2,3)27(7,8)25-20-15-16-21(22(17-20)26(4,5)6)24-18-11-9-12-19(24)14-10-13-18/h15,18-19H,9-14,16-17H2,1-8H3. The summed E-state index contributed by atoms with van der Waals surface area (Å²) in [5.74, 6) is 3.27. The summed E-state index contributed by atoms with van der Waals surface area (Å²) in [5.41, 5.74) is 1.88. The number of hydrogen-bond donors (Lipinski definition) is 0. The molecule has 0 aromatic carbocycles. The first-order chi connectivity index (χ1) is 12.4. The van der Waals surface area contributed by atoms with E-state index >= 15 is 0 Å². The Morgan fingerprint density at radius 2 is 1.44 bits per heavy atom. The van der Waals surface area contributed by atoms with Gasteiger partial charge in [-0.3, -0.25) is 0 Å². The van der Waals surface area contributed by atoms with Gasteiger partial charge in [-0.15, -0.1) is 5.47 Å². The van der Waals surface area contributed by atoms with Crippen molar-refractivity contribution in [2.75, 3.05) is 0 Å². The fourth-order valence-corrected chi connectivity index (χ4v) is 8.65. The van der Waals surface area contributed by atoms with Crippen molar-refractivity contribution < 1.29 is 4.43 Å². The minimum Gasteiger partial charge on any atom is -0.547 e. The van der Waals surface area contributed by atoms with Crippen molar-refractivity contribution in [1.82, 2.24) is 0 Å². The van der Waals surface area contributed by atoms with Gasteiger partial charge in [0.2, 0.25) is 8.32 Å². The second-order valence-electron chi connectivity index (χ2n) is 12.1. The van der Waals surface area contributed by atoms with Crippen LogP contribution >= 0.6 is 0 Å². The van der Waals surface area contributed by atoms with Crippen LogP contribution in [0.25, 0.3) is 0 Å². The van der Waals surface area contributed by atoms with Crippen molar-refractivity contribution in [3.63, 3.8) is 0 Å². The lowest BCUT2D eigenvalue weighted by atomic mass is 9.24. The van der Waals surface area contributed by atoms with E-state index in [0.717, 1.165) is 24.8 Å². The number of rotatable bonds is 4. The zero-order valence-electron chi connectivity index (χ0n) is 19.4. The van der Waals surface area contributed by atoms with Gasteiger partial charge in [-0.05, 0) is 30.6 Å². The third-order valence-electron chi connectivity index (χ3n) is 8.10. The Morgan fingerprint density at radius 3 is 1.89 bits per heavy atom. The Bertz CT molecular complexity index is 599. The van der Waals surface area contributed by atoms with Gasteiger partial charge in [0.1, 0.15) is 0 Å². The molecule has 152 valence electrons. The van der Waals surface area contributed by atoms with Crippen LogP contribution in [0.2, 0.25) is 49.4 Å². The van der Waals surface area contributed by atoms with E-state index in [1.807, 2.05) is 10.7 Å². The van der Waals surface area contributed by atoms with Crippen molar-refractivity contribution in [2.45, 2.75) is 122 Å². The van der Waals surface area contributed by atoms with Crippen LogP contribution in [-0.4, -0.2) is 23.1 Å². The molecule has 0 N–H and O–H groups in total. The van der Waals surface area contributed by atoms with Crippen LogP contribution in [0.15, 0.2) is 22.5 Å². The first kappa shape index (κ1) is 21.5. The molecular formula is C23H43BOSi2. The Balaban J connectivity index is 1.87. The first-order valence-electron chi connectivity index (χ1n) is 11.5. The molecule has 1 nitrogen and oxygen atoms in total. The molecule has 0 saturated carbocycles. The van der Waals surface area contributed by atoms with Crippen LogP contribution in [0.4, 0.5) is 0 Å². The van der Waals surface area contributed by atoms with E-state index in [-0.39, 0.29) is 5.04 Å². The molecule has 0 radical (unpaired) electrons. The highest BCUT2D eigenvalue weighted by Crippen LogP contribution is 2.52. The average molecular weight is 403 g/mol. The summed E-state index contributed by atoms with van der Waals surface area (Å²) in [6.07, 6.45) is 13.7. The van der Waals surface area contributed by atoms with Crippen LogP contribution < -0.4 is 0 Å². The van der Waals surface area contributed by atoms with Gasteiger partial charge in [-0.25, -0.2) is 0 Å². The second kappa shape index (κ2) is 7.55. The monoisotopic (exact) mass is 402 g/mol. The van der Waals surface area contributed by atoms with Crippen LogP contribution in [0.1, 0.15) is 72.1 Å². The molecule has 2 heterocycles. The summed E-state index contributed by atoms with van der Waals surface area (Å²) in [7, 11) is -3.08. The molecule has 4 heteroatoms. The SMILES string of the molecule is CC(C)(C)[Si](C)(C)OC1=CCC(B2C3CCCC2CCC3)=C([Si](C)(C)C)C1.